The number of aromatic nitrogens is 2. The number of anilines is 1. The van der Waals surface area contributed by atoms with Gasteiger partial charge >= 0.3 is 6.18 Å². The number of nitrogens with zero attached hydrogens (tertiary/aromatic N) is 1. The highest BCUT2D eigenvalue weighted by molar-refractivity contribution is 6.01. The van der Waals surface area contributed by atoms with Crippen LogP contribution in [0.4, 0.5) is 19.1 Å². The van der Waals surface area contributed by atoms with Crippen molar-refractivity contribution < 1.29 is 27.9 Å². The average molecular weight is 468 g/mol. The molecule has 0 saturated heterocycles. The van der Waals surface area contributed by atoms with Crippen LogP contribution < -0.4 is 10.6 Å². The van der Waals surface area contributed by atoms with E-state index < -0.39 is 36.2 Å². The number of alkyl halides is 3. The molecule has 0 saturated carbocycles. The zero-order valence-corrected chi connectivity index (χ0v) is 17.6. The predicted molar refractivity (Wildman–Crippen MR) is 120 cm³/mol. The minimum atomic E-state index is -4.42. The van der Waals surface area contributed by atoms with E-state index in [-0.39, 0.29) is 11.5 Å². The summed E-state index contributed by atoms with van der Waals surface area (Å²) in [5.41, 5.74) is 2.00. The van der Waals surface area contributed by atoms with Crippen LogP contribution in [0.25, 0.3) is 22.2 Å². The zero-order chi connectivity index (χ0) is 24.3. The van der Waals surface area contributed by atoms with E-state index in [0.717, 1.165) is 17.6 Å². The van der Waals surface area contributed by atoms with Crippen LogP contribution in [0.15, 0.2) is 72.8 Å². The molecular formula is C24H19F3N4O3. The van der Waals surface area contributed by atoms with Gasteiger partial charge in [0.05, 0.1) is 23.2 Å². The van der Waals surface area contributed by atoms with Crippen LogP contribution >= 0.6 is 0 Å². The summed E-state index contributed by atoms with van der Waals surface area (Å²) in [7, 11) is 0. The van der Waals surface area contributed by atoms with Crippen molar-refractivity contribution >= 4 is 28.8 Å². The first-order valence-electron chi connectivity index (χ1n) is 10.2. The molecule has 1 atom stereocenters. The molecule has 0 spiro atoms. The van der Waals surface area contributed by atoms with Crippen molar-refractivity contribution in [2.45, 2.75) is 12.2 Å². The molecule has 34 heavy (non-hydrogen) atoms. The Balaban J connectivity index is 1.41. The lowest BCUT2D eigenvalue weighted by Gasteiger charge is -2.15. The number of hydrogen-bond acceptors (Lipinski definition) is 4. The van der Waals surface area contributed by atoms with E-state index in [2.05, 4.69) is 20.6 Å². The lowest BCUT2D eigenvalue weighted by atomic mass is 10.0. The molecule has 10 heteroatoms. The number of H-pyrrole nitrogens is 1. The number of nitrogens with one attached hydrogen (secondary N) is 3. The maximum atomic E-state index is 12.7. The number of aliphatic hydroxyl groups is 1. The summed E-state index contributed by atoms with van der Waals surface area (Å²) in [6.45, 7) is -0.637. The molecule has 0 bridgehead atoms. The number of carbonyl (C=O) groups is 2. The van der Waals surface area contributed by atoms with Gasteiger partial charge in [-0.25, -0.2) is 4.98 Å². The van der Waals surface area contributed by atoms with E-state index in [4.69, 9.17) is 0 Å². The van der Waals surface area contributed by atoms with Crippen molar-refractivity contribution in [1.82, 2.24) is 15.3 Å². The molecule has 2 amide bonds. The topological polar surface area (TPSA) is 107 Å². The van der Waals surface area contributed by atoms with Crippen LogP contribution in [0.1, 0.15) is 15.9 Å². The van der Waals surface area contributed by atoms with Crippen molar-refractivity contribution in [3.63, 3.8) is 0 Å². The summed E-state index contributed by atoms with van der Waals surface area (Å²) >= 11 is 0. The molecule has 1 aromatic heterocycles. The van der Waals surface area contributed by atoms with Crippen LogP contribution in [0.3, 0.4) is 0 Å². The molecule has 7 nitrogen and oxygen atoms in total. The van der Waals surface area contributed by atoms with E-state index in [1.807, 2.05) is 6.07 Å². The lowest BCUT2D eigenvalue weighted by molar-refractivity contribution is -0.137. The monoisotopic (exact) mass is 468 g/mol. The molecule has 4 N–H and O–H groups in total. The quantitative estimate of drug-likeness (QED) is 0.343. The molecule has 0 aliphatic heterocycles. The highest BCUT2D eigenvalue weighted by atomic mass is 19.4. The first-order chi connectivity index (χ1) is 16.2. The molecule has 4 aromatic rings. The van der Waals surface area contributed by atoms with Crippen molar-refractivity contribution in [2.75, 3.05) is 11.9 Å². The second kappa shape index (κ2) is 9.36. The summed E-state index contributed by atoms with van der Waals surface area (Å²) in [6, 6.07) is 16.7. The molecule has 0 aliphatic rings. The third-order valence-electron chi connectivity index (χ3n) is 5.13. The van der Waals surface area contributed by atoms with E-state index in [1.165, 1.54) is 24.3 Å². The van der Waals surface area contributed by atoms with Crippen molar-refractivity contribution in [2.24, 2.45) is 0 Å². The number of halogens is 3. The van der Waals surface area contributed by atoms with Gasteiger partial charge in [0.25, 0.3) is 11.8 Å². The number of amides is 2. The number of rotatable bonds is 6. The maximum absolute atomic E-state index is 12.7. The minimum absolute atomic E-state index is 0.180. The van der Waals surface area contributed by atoms with Gasteiger partial charge in [0, 0.05) is 5.56 Å². The van der Waals surface area contributed by atoms with Crippen LogP contribution in [0, 0.1) is 0 Å². The first kappa shape index (κ1) is 23.0. The Labute approximate surface area is 191 Å². The van der Waals surface area contributed by atoms with Gasteiger partial charge in [0.15, 0.2) is 0 Å². The van der Waals surface area contributed by atoms with Gasteiger partial charge in [-0.05, 0) is 47.5 Å². The smallest absolute Gasteiger partial charge is 0.394 e. The molecule has 174 valence electrons. The zero-order valence-electron chi connectivity index (χ0n) is 17.6. The SMILES string of the molecule is O=C(N[C@@H](CO)C(=O)Nc1nc2ccccc2[nH]1)c1ccc(-c2ccc(C(F)(F)F)cc2)cc1. The maximum Gasteiger partial charge on any atom is 0.416 e. The summed E-state index contributed by atoms with van der Waals surface area (Å²) in [5, 5.41) is 14.6. The number of benzene rings is 3. The van der Waals surface area contributed by atoms with E-state index in [9.17, 15) is 27.9 Å². The Hall–Kier alpha value is -4.18. The fraction of sp³-hybridized carbons (Fsp3) is 0.125. The van der Waals surface area contributed by atoms with Crippen LogP contribution in [-0.2, 0) is 11.0 Å². The predicted octanol–water partition coefficient (Wildman–Crippen LogP) is 3.98. The van der Waals surface area contributed by atoms with Crippen molar-refractivity contribution in [3.05, 3.63) is 83.9 Å². The van der Waals surface area contributed by atoms with Gasteiger partial charge < -0.3 is 15.4 Å². The Bertz CT molecular complexity index is 1280. The average Bonchev–Trinajstić information content (AvgIpc) is 3.24. The molecule has 1 heterocycles. The van der Waals surface area contributed by atoms with E-state index in [0.29, 0.717) is 16.6 Å². The van der Waals surface area contributed by atoms with Gasteiger partial charge in [-0.2, -0.15) is 13.2 Å². The molecule has 0 radical (unpaired) electrons. The van der Waals surface area contributed by atoms with Crippen molar-refractivity contribution in [3.8, 4) is 11.1 Å². The Morgan fingerprint density at radius 2 is 1.56 bits per heavy atom. The van der Waals surface area contributed by atoms with Gasteiger partial charge in [0.2, 0.25) is 5.95 Å². The molecule has 0 aliphatic carbocycles. The second-order valence-electron chi connectivity index (χ2n) is 7.45. The number of aromatic amines is 1. The lowest BCUT2D eigenvalue weighted by Crippen LogP contribution is -2.46. The Morgan fingerprint density at radius 1 is 0.941 bits per heavy atom. The van der Waals surface area contributed by atoms with Gasteiger partial charge in [-0.3, -0.25) is 14.9 Å². The summed E-state index contributed by atoms with van der Waals surface area (Å²) < 4.78 is 38.2. The van der Waals surface area contributed by atoms with Crippen molar-refractivity contribution in [1.29, 1.82) is 0 Å². The largest absolute Gasteiger partial charge is 0.416 e. The number of hydrogen-bond donors (Lipinski definition) is 4. The van der Waals surface area contributed by atoms with Gasteiger partial charge in [-0.1, -0.05) is 36.4 Å². The van der Waals surface area contributed by atoms with Gasteiger partial charge in [-0.15, -0.1) is 0 Å². The van der Waals surface area contributed by atoms with Crippen LogP contribution in [0.5, 0.6) is 0 Å². The number of carbonyl (C=O) groups excluding carboxylic acids is 2. The summed E-state index contributed by atoms with van der Waals surface area (Å²) in [4.78, 5) is 32.2. The second-order valence-corrected chi connectivity index (χ2v) is 7.45. The summed E-state index contributed by atoms with van der Waals surface area (Å²) in [5.74, 6) is -1.08. The number of aliphatic hydroxyl groups excluding tert-OH is 1. The Morgan fingerprint density at radius 3 is 2.15 bits per heavy atom. The molecule has 0 unspecified atom stereocenters. The van der Waals surface area contributed by atoms with Crippen LogP contribution in [0.2, 0.25) is 0 Å². The fourth-order valence-electron chi connectivity index (χ4n) is 3.32. The normalized spacial score (nSPS) is 12.4. The van der Waals surface area contributed by atoms with Crippen LogP contribution in [-0.4, -0.2) is 39.5 Å². The minimum Gasteiger partial charge on any atom is -0.394 e. The number of fused-ring (bicyclic) bond motifs is 1. The third kappa shape index (κ3) is 5.07. The molecule has 0 fully saturated rings. The molecular weight excluding hydrogens is 449 g/mol. The standard InChI is InChI=1S/C24H19F3N4O3/c25-24(26,27)17-11-9-15(10-12-17)14-5-7-16(8-6-14)21(33)28-20(13-32)22(34)31-23-29-18-3-1-2-4-19(18)30-23/h1-12,20,32H,13H2,(H,28,33)(H2,29,30,31,34)/t20-/m0/s1. The fourth-order valence-corrected chi connectivity index (χ4v) is 3.32. The van der Waals surface area contributed by atoms with Gasteiger partial charge in [0.1, 0.15) is 6.04 Å². The number of para-hydroxylation sites is 2. The first-order valence-corrected chi connectivity index (χ1v) is 10.2. The third-order valence-corrected chi connectivity index (χ3v) is 5.13. The Kier molecular flexibility index (Phi) is 6.33. The summed E-state index contributed by atoms with van der Waals surface area (Å²) in [6.07, 6.45) is -4.42. The van der Waals surface area contributed by atoms with E-state index in [1.54, 1.807) is 30.3 Å². The highest BCUT2D eigenvalue weighted by Crippen LogP contribution is 2.31. The molecule has 3 aromatic carbocycles. The molecule has 4 rings (SSSR count). The highest BCUT2D eigenvalue weighted by Gasteiger charge is 2.30. The van der Waals surface area contributed by atoms with E-state index >= 15 is 0 Å². The number of imidazole rings is 1.